The topological polar surface area (TPSA) is 43.8 Å². The Balaban J connectivity index is 2.52. The zero-order valence-electron chi connectivity index (χ0n) is 11.1. The molecule has 1 heterocycles. The van der Waals surface area contributed by atoms with E-state index in [1.807, 2.05) is 6.92 Å². The van der Waals surface area contributed by atoms with Gasteiger partial charge in [-0.1, -0.05) is 6.92 Å². The SMILES string of the molecule is CCN(CCO)CC(=O)N1CCCC(C(F)(F)F)C1. The summed E-state index contributed by atoms with van der Waals surface area (Å²) >= 11 is 0. The van der Waals surface area contributed by atoms with Crippen molar-refractivity contribution in [3.63, 3.8) is 0 Å². The normalized spacial score (nSPS) is 20.9. The van der Waals surface area contributed by atoms with E-state index in [1.165, 1.54) is 4.90 Å². The van der Waals surface area contributed by atoms with Crippen molar-refractivity contribution in [2.75, 3.05) is 39.3 Å². The van der Waals surface area contributed by atoms with Gasteiger partial charge in [-0.3, -0.25) is 9.69 Å². The number of aliphatic hydroxyl groups is 1. The third kappa shape index (κ3) is 4.99. The van der Waals surface area contributed by atoms with E-state index in [2.05, 4.69) is 0 Å². The lowest BCUT2D eigenvalue weighted by Gasteiger charge is -2.34. The van der Waals surface area contributed by atoms with Crippen molar-refractivity contribution >= 4 is 5.91 Å². The molecule has 112 valence electrons. The highest BCUT2D eigenvalue weighted by atomic mass is 19.4. The Morgan fingerprint density at radius 3 is 2.68 bits per heavy atom. The monoisotopic (exact) mass is 282 g/mol. The zero-order valence-corrected chi connectivity index (χ0v) is 11.1. The van der Waals surface area contributed by atoms with E-state index in [9.17, 15) is 18.0 Å². The molecule has 0 aliphatic carbocycles. The van der Waals surface area contributed by atoms with Crippen molar-refractivity contribution < 1.29 is 23.1 Å². The van der Waals surface area contributed by atoms with Crippen LogP contribution in [0.2, 0.25) is 0 Å². The summed E-state index contributed by atoms with van der Waals surface area (Å²) in [6.07, 6.45) is -3.74. The molecule has 19 heavy (non-hydrogen) atoms. The van der Waals surface area contributed by atoms with E-state index in [0.29, 0.717) is 26.1 Å². The lowest BCUT2D eigenvalue weighted by atomic mass is 9.97. The molecule has 0 bridgehead atoms. The molecule has 1 aliphatic heterocycles. The fourth-order valence-corrected chi connectivity index (χ4v) is 2.25. The van der Waals surface area contributed by atoms with E-state index < -0.39 is 12.1 Å². The summed E-state index contributed by atoms with van der Waals surface area (Å²) in [4.78, 5) is 15.0. The molecule has 1 unspecified atom stereocenters. The molecule has 7 heteroatoms. The number of hydrogen-bond acceptors (Lipinski definition) is 3. The summed E-state index contributed by atoms with van der Waals surface area (Å²) in [6.45, 7) is 2.95. The van der Waals surface area contributed by atoms with Crippen molar-refractivity contribution in [2.24, 2.45) is 5.92 Å². The van der Waals surface area contributed by atoms with Gasteiger partial charge in [-0.05, 0) is 19.4 Å². The number of piperidine rings is 1. The van der Waals surface area contributed by atoms with Gasteiger partial charge < -0.3 is 10.0 Å². The van der Waals surface area contributed by atoms with E-state index >= 15 is 0 Å². The van der Waals surface area contributed by atoms with Gasteiger partial charge in [0.1, 0.15) is 0 Å². The van der Waals surface area contributed by atoms with Crippen LogP contribution >= 0.6 is 0 Å². The number of hydrogen-bond donors (Lipinski definition) is 1. The van der Waals surface area contributed by atoms with Crippen LogP contribution in [-0.4, -0.2) is 66.3 Å². The minimum Gasteiger partial charge on any atom is -0.395 e. The van der Waals surface area contributed by atoms with Crippen molar-refractivity contribution in [3.8, 4) is 0 Å². The average Bonchev–Trinajstić information content (AvgIpc) is 2.37. The second kappa shape index (κ2) is 7.09. The molecule has 1 rings (SSSR count). The van der Waals surface area contributed by atoms with Crippen LogP contribution in [0, 0.1) is 5.92 Å². The first-order valence-corrected chi connectivity index (χ1v) is 6.56. The smallest absolute Gasteiger partial charge is 0.393 e. The molecule has 0 aromatic rings. The van der Waals surface area contributed by atoms with E-state index in [0.717, 1.165) is 0 Å². The Hall–Kier alpha value is -0.820. The molecule has 0 radical (unpaired) electrons. The van der Waals surface area contributed by atoms with Gasteiger partial charge in [0, 0.05) is 19.6 Å². The highest BCUT2D eigenvalue weighted by molar-refractivity contribution is 5.78. The first kappa shape index (κ1) is 16.2. The Kier molecular flexibility index (Phi) is 6.06. The minimum absolute atomic E-state index is 0.0632. The number of likely N-dealkylation sites (N-methyl/N-ethyl adjacent to an activating group) is 1. The number of halogens is 3. The number of aliphatic hydroxyl groups excluding tert-OH is 1. The summed E-state index contributed by atoms with van der Waals surface area (Å²) in [6, 6.07) is 0. The van der Waals surface area contributed by atoms with Gasteiger partial charge in [0.15, 0.2) is 0 Å². The van der Waals surface area contributed by atoms with Gasteiger partial charge in [0.2, 0.25) is 5.91 Å². The molecule has 1 atom stereocenters. The molecule has 0 saturated carbocycles. The first-order valence-electron chi connectivity index (χ1n) is 6.56. The molecule has 1 fully saturated rings. The molecule has 0 spiro atoms. The first-order chi connectivity index (χ1) is 8.88. The maximum absolute atomic E-state index is 12.6. The molecule has 1 N–H and O–H groups in total. The van der Waals surface area contributed by atoms with Crippen LogP contribution < -0.4 is 0 Å². The fourth-order valence-electron chi connectivity index (χ4n) is 2.25. The molecule has 1 saturated heterocycles. The van der Waals surface area contributed by atoms with Gasteiger partial charge in [-0.15, -0.1) is 0 Å². The molecule has 0 aromatic carbocycles. The maximum atomic E-state index is 12.6. The van der Waals surface area contributed by atoms with Crippen molar-refractivity contribution in [1.82, 2.24) is 9.80 Å². The Bertz CT molecular complexity index is 297. The quantitative estimate of drug-likeness (QED) is 0.821. The zero-order chi connectivity index (χ0) is 14.5. The van der Waals surface area contributed by atoms with Crippen LogP contribution in [-0.2, 0) is 4.79 Å². The molecule has 0 aromatic heterocycles. The van der Waals surface area contributed by atoms with Crippen molar-refractivity contribution in [3.05, 3.63) is 0 Å². The van der Waals surface area contributed by atoms with Gasteiger partial charge in [-0.25, -0.2) is 0 Å². The van der Waals surface area contributed by atoms with Gasteiger partial charge in [0.25, 0.3) is 0 Å². The van der Waals surface area contributed by atoms with Crippen LogP contribution in [0.5, 0.6) is 0 Å². The average molecular weight is 282 g/mol. The molecule has 4 nitrogen and oxygen atoms in total. The molecular weight excluding hydrogens is 261 g/mol. The molecular formula is C12H21F3N2O2. The van der Waals surface area contributed by atoms with Crippen molar-refractivity contribution in [2.45, 2.75) is 25.9 Å². The number of nitrogens with zero attached hydrogens (tertiary/aromatic N) is 2. The highest BCUT2D eigenvalue weighted by Crippen LogP contribution is 2.33. The predicted octanol–water partition coefficient (Wildman–Crippen LogP) is 1.10. The summed E-state index contributed by atoms with van der Waals surface area (Å²) < 4.78 is 37.9. The molecule has 1 aliphatic rings. The number of alkyl halides is 3. The van der Waals surface area contributed by atoms with Gasteiger partial charge in [-0.2, -0.15) is 13.2 Å². The predicted molar refractivity (Wildman–Crippen MR) is 64.6 cm³/mol. The number of likely N-dealkylation sites (tertiary alicyclic amines) is 1. The lowest BCUT2D eigenvalue weighted by Crippen LogP contribution is -2.48. The third-order valence-electron chi connectivity index (χ3n) is 3.46. The third-order valence-corrected chi connectivity index (χ3v) is 3.46. The Morgan fingerprint density at radius 2 is 2.16 bits per heavy atom. The van der Waals surface area contributed by atoms with E-state index in [4.69, 9.17) is 5.11 Å². The number of amides is 1. The molecule has 1 amide bonds. The lowest BCUT2D eigenvalue weighted by molar-refractivity contribution is -0.188. The Labute approximate surface area is 111 Å². The van der Waals surface area contributed by atoms with E-state index in [-0.39, 0.29) is 32.0 Å². The summed E-state index contributed by atoms with van der Waals surface area (Å²) in [7, 11) is 0. The number of carbonyl (C=O) groups excluding carboxylic acids is 1. The minimum atomic E-state index is -4.23. The summed E-state index contributed by atoms with van der Waals surface area (Å²) in [5, 5.41) is 8.82. The van der Waals surface area contributed by atoms with Crippen LogP contribution in [0.15, 0.2) is 0 Å². The van der Waals surface area contributed by atoms with Crippen molar-refractivity contribution in [1.29, 1.82) is 0 Å². The van der Waals surface area contributed by atoms with Crippen LogP contribution in [0.1, 0.15) is 19.8 Å². The van der Waals surface area contributed by atoms with Gasteiger partial charge >= 0.3 is 6.18 Å². The second-order valence-corrected chi connectivity index (χ2v) is 4.81. The number of rotatable bonds is 5. The number of carbonyl (C=O) groups is 1. The van der Waals surface area contributed by atoms with Crippen LogP contribution in [0.4, 0.5) is 13.2 Å². The van der Waals surface area contributed by atoms with Gasteiger partial charge in [0.05, 0.1) is 19.1 Å². The Morgan fingerprint density at radius 1 is 1.47 bits per heavy atom. The largest absolute Gasteiger partial charge is 0.395 e. The standard InChI is InChI=1S/C12H21F3N2O2/c1-2-16(6-7-18)9-11(19)17-5-3-4-10(8-17)12(13,14)15/h10,18H,2-9H2,1H3. The summed E-state index contributed by atoms with van der Waals surface area (Å²) in [5.41, 5.74) is 0. The maximum Gasteiger partial charge on any atom is 0.393 e. The second-order valence-electron chi connectivity index (χ2n) is 4.81. The van der Waals surface area contributed by atoms with E-state index in [1.54, 1.807) is 4.90 Å². The van der Waals surface area contributed by atoms with Crippen LogP contribution in [0.3, 0.4) is 0 Å². The fraction of sp³-hybridized carbons (Fsp3) is 0.917. The summed E-state index contributed by atoms with van der Waals surface area (Å²) in [5.74, 6) is -1.69. The highest BCUT2D eigenvalue weighted by Gasteiger charge is 2.42. The van der Waals surface area contributed by atoms with Crippen LogP contribution in [0.25, 0.3) is 0 Å².